The molecule has 1 fully saturated rings. The second-order valence-corrected chi connectivity index (χ2v) is 5.34. The summed E-state index contributed by atoms with van der Waals surface area (Å²) in [5, 5.41) is 6.60. The van der Waals surface area contributed by atoms with Gasteiger partial charge in [0, 0.05) is 45.8 Å². The van der Waals surface area contributed by atoms with Gasteiger partial charge in [0.2, 0.25) is 6.29 Å². The van der Waals surface area contributed by atoms with E-state index in [-0.39, 0.29) is 11.9 Å². The standard InChI is InChI=1S/C13H19N3O4S/c1-19-12(20-2)11(17)15-4-6-16(7-5-15)13(18)14-10-3-8-21-9-10/h3,8-9,12H,4-7H2,1-2H3,(H,14,18). The van der Waals surface area contributed by atoms with Crippen molar-refractivity contribution >= 4 is 29.0 Å². The van der Waals surface area contributed by atoms with Crippen LogP contribution in [0.3, 0.4) is 0 Å². The van der Waals surface area contributed by atoms with Gasteiger partial charge in [-0.25, -0.2) is 4.79 Å². The topological polar surface area (TPSA) is 71.1 Å². The highest BCUT2D eigenvalue weighted by molar-refractivity contribution is 7.08. The monoisotopic (exact) mass is 313 g/mol. The third-order valence-corrected chi connectivity index (χ3v) is 3.96. The lowest BCUT2D eigenvalue weighted by molar-refractivity contribution is -0.171. The molecule has 0 atom stereocenters. The number of ether oxygens (including phenoxy) is 2. The van der Waals surface area contributed by atoms with Crippen molar-refractivity contribution in [3.8, 4) is 0 Å². The molecule has 2 heterocycles. The summed E-state index contributed by atoms with van der Waals surface area (Å²) in [6, 6.07) is 1.71. The van der Waals surface area contributed by atoms with Gasteiger partial charge in [-0.05, 0) is 11.4 Å². The summed E-state index contributed by atoms with van der Waals surface area (Å²) in [5.41, 5.74) is 0.794. The van der Waals surface area contributed by atoms with Gasteiger partial charge in [-0.2, -0.15) is 11.3 Å². The van der Waals surface area contributed by atoms with Gasteiger partial charge in [0.1, 0.15) is 0 Å². The molecule has 3 amide bonds. The van der Waals surface area contributed by atoms with Gasteiger partial charge in [0.15, 0.2) is 0 Å². The van der Waals surface area contributed by atoms with Crippen molar-refractivity contribution in [1.82, 2.24) is 9.80 Å². The highest BCUT2D eigenvalue weighted by atomic mass is 32.1. The van der Waals surface area contributed by atoms with E-state index in [1.54, 1.807) is 9.80 Å². The first-order chi connectivity index (χ1) is 10.2. The molecule has 1 aliphatic heterocycles. The maximum Gasteiger partial charge on any atom is 0.321 e. The summed E-state index contributed by atoms with van der Waals surface area (Å²) in [5.74, 6) is -0.210. The minimum absolute atomic E-state index is 0.143. The minimum Gasteiger partial charge on any atom is -0.348 e. The van der Waals surface area contributed by atoms with Crippen LogP contribution < -0.4 is 5.32 Å². The smallest absolute Gasteiger partial charge is 0.321 e. The van der Waals surface area contributed by atoms with Gasteiger partial charge < -0.3 is 24.6 Å². The molecule has 0 aromatic carbocycles. The lowest BCUT2D eigenvalue weighted by atomic mass is 10.3. The number of anilines is 1. The van der Waals surface area contributed by atoms with E-state index in [0.29, 0.717) is 26.2 Å². The number of amides is 3. The van der Waals surface area contributed by atoms with Crippen LogP contribution in [0.2, 0.25) is 0 Å². The van der Waals surface area contributed by atoms with Crippen LogP contribution in [0.15, 0.2) is 16.8 Å². The van der Waals surface area contributed by atoms with Crippen LogP contribution in [-0.4, -0.2) is 68.4 Å². The van der Waals surface area contributed by atoms with Crippen LogP contribution in [0.25, 0.3) is 0 Å². The predicted molar refractivity (Wildman–Crippen MR) is 79.3 cm³/mol. The van der Waals surface area contributed by atoms with E-state index >= 15 is 0 Å². The number of hydrogen-bond acceptors (Lipinski definition) is 5. The van der Waals surface area contributed by atoms with Crippen LogP contribution in [0, 0.1) is 0 Å². The van der Waals surface area contributed by atoms with Crippen LogP contribution in [0.4, 0.5) is 10.5 Å². The number of piperazine rings is 1. The Bertz CT molecular complexity index is 468. The minimum atomic E-state index is -0.879. The molecular weight excluding hydrogens is 294 g/mol. The van der Waals surface area contributed by atoms with Gasteiger partial charge in [0.05, 0.1) is 5.69 Å². The molecule has 1 saturated heterocycles. The van der Waals surface area contributed by atoms with Gasteiger partial charge in [-0.3, -0.25) is 4.79 Å². The van der Waals surface area contributed by atoms with Crippen LogP contribution >= 0.6 is 11.3 Å². The number of urea groups is 1. The third kappa shape index (κ3) is 3.93. The zero-order valence-electron chi connectivity index (χ0n) is 12.1. The van der Waals surface area contributed by atoms with Crippen molar-refractivity contribution in [2.24, 2.45) is 0 Å². The van der Waals surface area contributed by atoms with E-state index in [1.807, 2.05) is 16.8 Å². The first-order valence-corrected chi connectivity index (χ1v) is 7.52. The van der Waals surface area contributed by atoms with Crippen LogP contribution in [-0.2, 0) is 14.3 Å². The maximum absolute atomic E-state index is 12.1. The van der Waals surface area contributed by atoms with Gasteiger partial charge in [0.25, 0.3) is 5.91 Å². The summed E-state index contributed by atoms with van der Waals surface area (Å²) >= 11 is 1.53. The number of carbonyl (C=O) groups excluding carboxylic acids is 2. The first-order valence-electron chi connectivity index (χ1n) is 6.58. The van der Waals surface area contributed by atoms with E-state index < -0.39 is 6.29 Å². The summed E-state index contributed by atoms with van der Waals surface area (Å²) in [6.07, 6.45) is -0.879. The Balaban J connectivity index is 1.82. The van der Waals surface area contributed by atoms with E-state index in [0.717, 1.165) is 5.69 Å². The van der Waals surface area contributed by atoms with E-state index in [2.05, 4.69) is 5.32 Å². The Labute approximate surface area is 127 Å². The number of thiophene rings is 1. The Hall–Kier alpha value is -1.64. The molecule has 116 valence electrons. The Kier molecular flexibility index (Phi) is 5.54. The van der Waals surface area contributed by atoms with Crippen molar-refractivity contribution in [2.75, 3.05) is 45.7 Å². The molecular formula is C13H19N3O4S. The molecule has 0 bridgehead atoms. The molecule has 1 aromatic heterocycles. The number of methoxy groups -OCH3 is 2. The molecule has 2 rings (SSSR count). The largest absolute Gasteiger partial charge is 0.348 e. The predicted octanol–water partition coefficient (Wildman–Crippen LogP) is 1.04. The molecule has 1 aromatic rings. The normalized spacial score (nSPS) is 15.4. The molecule has 1 aliphatic rings. The highest BCUT2D eigenvalue weighted by Crippen LogP contribution is 2.13. The van der Waals surface area contributed by atoms with Gasteiger partial charge in [-0.15, -0.1) is 0 Å². The summed E-state index contributed by atoms with van der Waals surface area (Å²) in [4.78, 5) is 27.4. The second kappa shape index (κ2) is 7.39. The summed E-state index contributed by atoms with van der Waals surface area (Å²) < 4.78 is 9.91. The molecule has 0 saturated carbocycles. The van der Waals surface area contributed by atoms with E-state index in [9.17, 15) is 9.59 Å². The lowest BCUT2D eigenvalue weighted by Gasteiger charge is -2.35. The van der Waals surface area contributed by atoms with E-state index in [4.69, 9.17) is 9.47 Å². The zero-order valence-corrected chi connectivity index (χ0v) is 12.9. The average molecular weight is 313 g/mol. The molecule has 0 aliphatic carbocycles. The summed E-state index contributed by atoms with van der Waals surface area (Å²) in [7, 11) is 2.85. The number of nitrogens with zero attached hydrogens (tertiary/aromatic N) is 2. The summed E-state index contributed by atoms with van der Waals surface area (Å²) in [6.45, 7) is 1.92. The molecule has 21 heavy (non-hydrogen) atoms. The first kappa shape index (κ1) is 15.7. The van der Waals surface area contributed by atoms with Crippen molar-refractivity contribution in [3.05, 3.63) is 16.8 Å². The highest BCUT2D eigenvalue weighted by Gasteiger charge is 2.28. The van der Waals surface area contributed by atoms with Crippen molar-refractivity contribution < 1.29 is 19.1 Å². The number of hydrogen-bond donors (Lipinski definition) is 1. The maximum atomic E-state index is 12.1. The second-order valence-electron chi connectivity index (χ2n) is 4.56. The molecule has 0 spiro atoms. The SMILES string of the molecule is COC(OC)C(=O)N1CCN(C(=O)Nc2ccsc2)CC1. The fourth-order valence-corrected chi connectivity index (χ4v) is 2.70. The van der Waals surface area contributed by atoms with Gasteiger partial charge >= 0.3 is 6.03 Å². The molecule has 1 N–H and O–H groups in total. The van der Waals surface area contributed by atoms with Crippen LogP contribution in [0.5, 0.6) is 0 Å². The van der Waals surface area contributed by atoms with Crippen molar-refractivity contribution in [1.29, 1.82) is 0 Å². The fourth-order valence-electron chi connectivity index (χ4n) is 2.11. The molecule has 8 heteroatoms. The Morgan fingerprint density at radius 2 is 1.81 bits per heavy atom. The van der Waals surface area contributed by atoms with Crippen molar-refractivity contribution in [3.63, 3.8) is 0 Å². The van der Waals surface area contributed by atoms with E-state index in [1.165, 1.54) is 25.6 Å². The number of carbonyl (C=O) groups is 2. The quantitative estimate of drug-likeness (QED) is 0.843. The fraction of sp³-hybridized carbons (Fsp3) is 0.538. The number of rotatable bonds is 4. The molecule has 7 nitrogen and oxygen atoms in total. The number of nitrogens with one attached hydrogen (secondary N) is 1. The zero-order chi connectivity index (χ0) is 15.2. The Morgan fingerprint density at radius 1 is 1.19 bits per heavy atom. The van der Waals surface area contributed by atoms with Gasteiger partial charge in [-0.1, -0.05) is 0 Å². The third-order valence-electron chi connectivity index (χ3n) is 3.28. The average Bonchev–Trinajstić information content (AvgIpc) is 3.01. The molecule has 0 radical (unpaired) electrons. The van der Waals surface area contributed by atoms with Crippen molar-refractivity contribution in [2.45, 2.75) is 6.29 Å². The van der Waals surface area contributed by atoms with Crippen LogP contribution in [0.1, 0.15) is 0 Å². The Morgan fingerprint density at radius 3 is 2.33 bits per heavy atom. The lowest BCUT2D eigenvalue weighted by Crippen LogP contribution is -2.54. The molecule has 0 unspecified atom stereocenters.